The fraction of sp³-hybridized carbons (Fsp3) is 1.00. The van der Waals surface area contributed by atoms with Gasteiger partial charge in [0.1, 0.15) is 0 Å². The van der Waals surface area contributed by atoms with Crippen LogP contribution in [0.3, 0.4) is 0 Å². The van der Waals surface area contributed by atoms with Crippen LogP contribution >= 0.6 is 0 Å². The zero-order valence-electron chi connectivity index (χ0n) is 9.76. The van der Waals surface area contributed by atoms with E-state index in [0.29, 0.717) is 6.42 Å². The van der Waals surface area contributed by atoms with Gasteiger partial charge in [-0.2, -0.15) is 0 Å². The van der Waals surface area contributed by atoms with E-state index in [2.05, 4.69) is 0 Å². The quantitative estimate of drug-likeness (QED) is 0.712. The van der Waals surface area contributed by atoms with E-state index in [-0.39, 0.29) is 17.4 Å². The molecule has 0 aromatic rings. The lowest BCUT2D eigenvalue weighted by atomic mass is 9.69. The Labute approximate surface area is 82.0 Å². The van der Waals surface area contributed by atoms with Gasteiger partial charge >= 0.3 is 0 Å². The minimum absolute atomic E-state index is 0.104. The zero-order chi connectivity index (χ0) is 10.9. The molecule has 0 aliphatic rings. The molecule has 0 bridgehead atoms. The Bertz CT molecular complexity index is 154. The maximum Gasteiger partial charge on any atom is 0.0694 e. The van der Waals surface area contributed by atoms with Gasteiger partial charge in [-0.15, -0.1) is 0 Å². The van der Waals surface area contributed by atoms with Gasteiger partial charge in [0.05, 0.1) is 11.7 Å². The van der Waals surface area contributed by atoms with Gasteiger partial charge < -0.3 is 10.2 Å². The summed E-state index contributed by atoms with van der Waals surface area (Å²) < 4.78 is 0. The standard InChI is InChI=1S/C11H24O2/c1-8(7-9(2)12)11(6,13)10(3,4)5/h8-9,12-13H,7H2,1-6H3. The van der Waals surface area contributed by atoms with E-state index in [9.17, 15) is 10.2 Å². The molecule has 0 spiro atoms. The molecule has 0 heterocycles. The van der Waals surface area contributed by atoms with Crippen molar-refractivity contribution in [3.8, 4) is 0 Å². The molecule has 0 rings (SSSR count). The molecule has 2 heteroatoms. The molecule has 3 atom stereocenters. The lowest BCUT2D eigenvalue weighted by molar-refractivity contribution is -0.0935. The second kappa shape index (κ2) is 3.97. The predicted octanol–water partition coefficient (Wildman–Crippen LogP) is 2.19. The van der Waals surface area contributed by atoms with Crippen LogP contribution in [0.1, 0.15) is 48.0 Å². The lowest BCUT2D eigenvalue weighted by Crippen LogP contribution is -2.46. The molecule has 0 aliphatic carbocycles. The van der Waals surface area contributed by atoms with Crippen LogP contribution in [0.25, 0.3) is 0 Å². The number of aliphatic hydroxyl groups excluding tert-OH is 1. The third-order valence-electron chi connectivity index (χ3n) is 3.17. The maximum atomic E-state index is 10.3. The molecular weight excluding hydrogens is 164 g/mol. The van der Waals surface area contributed by atoms with Gasteiger partial charge in [-0.1, -0.05) is 27.7 Å². The van der Waals surface area contributed by atoms with Crippen molar-refractivity contribution in [2.75, 3.05) is 0 Å². The van der Waals surface area contributed by atoms with Gasteiger partial charge in [-0.25, -0.2) is 0 Å². The maximum absolute atomic E-state index is 10.3. The van der Waals surface area contributed by atoms with Gasteiger partial charge in [0, 0.05) is 0 Å². The van der Waals surface area contributed by atoms with E-state index in [1.54, 1.807) is 6.92 Å². The SMILES string of the molecule is CC(O)CC(C)C(C)(O)C(C)(C)C. The normalized spacial score (nSPS) is 22.2. The Hall–Kier alpha value is -0.0800. The Balaban J connectivity index is 4.45. The van der Waals surface area contributed by atoms with Crippen LogP contribution in [0, 0.1) is 11.3 Å². The first kappa shape index (κ1) is 12.9. The smallest absolute Gasteiger partial charge is 0.0694 e. The topological polar surface area (TPSA) is 40.5 Å². The van der Waals surface area contributed by atoms with Crippen LogP contribution in [0.4, 0.5) is 0 Å². The predicted molar refractivity (Wildman–Crippen MR) is 55.5 cm³/mol. The third kappa shape index (κ3) is 3.28. The monoisotopic (exact) mass is 188 g/mol. The first-order valence-corrected chi connectivity index (χ1v) is 4.99. The van der Waals surface area contributed by atoms with E-state index in [4.69, 9.17) is 0 Å². The number of hydrogen-bond acceptors (Lipinski definition) is 2. The second-order valence-electron chi connectivity index (χ2n) is 5.38. The zero-order valence-corrected chi connectivity index (χ0v) is 9.76. The molecule has 0 amide bonds. The van der Waals surface area contributed by atoms with Crippen LogP contribution in [-0.2, 0) is 0 Å². The summed E-state index contributed by atoms with van der Waals surface area (Å²) in [6.07, 6.45) is 0.299. The van der Waals surface area contributed by atoms with E-state index in [1.165, 1.54) is 0 Å². The minimum atomic E-state index is -0.732. The Morgan fingerprint density at radius 3 is 1.69 bits per heavy atom. The largest absolute Gasteiger partial charge is 0.393 e. The van der Waals surface area contributed by atoms with Crippen LogP contribution < -0.4 is 0 Å². The van der Waals surface area contributed by atoms with E-state index in [1.807, 2.05) is 34.6 Å². The van der Waals surface area contributed by atoms with Crippen LogP contribution in [0.2, 0.25) is 0 Å². The van der Waals surface area contributed by atoms with Crippen molar-refractivity contribution in [1.82, 2.24) is 0 Å². The van der Waals surface area contributed by atoms with Gasteiger partial charge in [-0.05, 0) is 31.6 Å². The highest BCUT2D eigenvalue weighted by molar-refractivity contribution is 4.90. The molecule has 0 saturated carbocycles. The van der Waals surface area contributed by atoms with Gasteiger partial charge in [0.2, 0.25) is 0 Å². The molecule has 0 aliphatic heterocycles. The summed E-state index contributed by atoms with van der Waals surface area (Å²) in [6, 6.07) is 0. The molecule has 13 heavy (non-hydrogen) atoms. The van der Waals surface area contributed by atoms with Crippen LogP contribution in [0.15, 0.2) is 0 Å². The lowest BCUT2D eigenvalue weighted by Gasteiger charge is -2.42. The van der Waals surface area contributed by atoms with Crippen molar-refractivity contribution in [2.45, 2.75) is 59.7 Å². The molecular formula is C11H24O2. The summed E-state index contributed by atoms with van der Waals surface area (Å²) >= 11 is 0. The molecule has 0 aromatic carbocycles. The Morgan fingerprint density at radius 2 is 1.46 bits per heavy atom. The van der Waals surface area contributed by atoms with Crippen LogP contribution in [-0.4, -0.2) is 21.9 Å². The Morgan fingerprint density at radius 1 is 1.08 bits per heavy atom. The minimum Gasteiger partial charge on any atom is -0.393 e. The summed E-state index contributed by atoms with van der Waals surface area (Å²) in [4.78, 5) is 0. The van der Waals surface area contributed by atoms with E-state index < -0.39 is 5.60 Å². The van der Waals surface area contributed by atoms with E-state index >= 15 is 0 Å². The van der Waals surface area contributed by atoms with Gasteiger partial charge in [0.25, 0.3) is 0 Å². The molecule has 0 fully saturated rings. The summed E-state index contributed by atoms with van der Waals surface area (Å²) in [5.74, 6) is 0.104. The summed E-state index contributed by atoms with van der Waals surface area (Å²) in [6.45, 7) is 11.6. The fourth-order valence-corrected chi connectivity index (χ4v) is 1.48. The van der Waals surface area contributed by atoms with Crippen LogP contribution in [0.5, 0.6) is 0 Å². The second-order valence-corrected chi connectivity index (χ2v) is 5.38. The van der Waals surface area contributed by atoms with Gasteiger partial charge in [-0.3, -0.25) is 0 Å². The molecule has 0 aromatic heterocycles. The average Bonchev–Trinajstić information content (AvgIpc) is 1.82. The fourth-order valence-electron chi connectivity index (χ4n) is 1.48. The number of hydrogen-bond donors (Lipinski definition) is 2. The summed E-state index contributed by atoms with van der Waals surface area (Å²) in [5.41, 5.74) is -0.884. The van der Waals surface area contributed by atoms with Crippen molar-refractivity contribution in [3.63, 3.8) is 0 Å². The van der Waals surface area contributed by atoms with Crippen molar-refractivity contribution < 1.29 is 10.2 Å². The highest BCUT2D eigenvalue weighted by Gasteiger charge is 2.40. The highest BCUT2D eigenvalue weighted by Crippen LogP contribution is 2.37. The average molecular weight is 188 g/mol. The number of rotatable bonds is 3. The third-order valence-corrected chi connectivity index (χ3v) is 3.17. The molecule has 2 nitrogen and oxygen atoms in total. The highest BCUT2D eigenvalue weighted by atomic mass is 16.3. The summed E-state index contributed by atoms with van der Waals surface area (Å²) in [5, 5.41) is 19.5. The first-order valence-electron chi connectivity index (χ1n) is 4.99. The van der Waals surface area contributed by atoms with Gasteiger partial charge in [0.15, 0.2) is 0 Å². The molecule has 0 radical (unpaired) electrons. The molecule has 3 unspecified atom stereocenters. The van der Waals surface area contributed by atoms with Crippen molar-refractivity contribution in [3.05, 3.63) is 0 Å². The van der Waals surface area contributed by atoms with Crippen molar-refractivity contribution >= 4 is 0 Å². The molecule has 80 valence electrons. The number of aliphatic hydroxyl groups is 2. The first-order chi connectivity index (χ1) is 5.59. The molecule has 2 N–H and O–H groups in total. The summed E-state index contributed by atoms with van der Waals surface area (Å²) in [7, 11) is 0. The Kier molecular flexibility index (Phi) is 3.95. The van der Waals surface area contributed by atoms with E-state index in [0.717, 1.165) is 0 Å². The van der Waals surface area contributed by atoms with Crippen molar-refractivity contribution in [2.24, 2.45) is 11.3 Å². The molecule has 0 saturated heterocycles. The van der Waals surface area contributed by atoms with Crippen molar-refractivity contribution in [1.29, 1.82) is 0 Å².